The topological polar surface area (TPSA) is 47.4 Å². The normalized spacial score (nSPS) is 19.3. The van der Waals surface area contributed by atoms with Gasteiger partial charge in [-0.1, -0.05) is 24.3 Å². The van der Waals surface area contributed by atoms with Crippen LogP contribution >= 0.6 is 0 Å². The quantitative estimate of drug-likeness (QED) is 0.534. The van der Waals surface area contributed by atoms with E-state index < -0.39 is 0 Å². The van der Waals surface area contributed by atoms with Gasteiger partial charge in [0.05, 0.1) is 23.4 Å². The number of ether oxygens (including phenoxy) is 1. The number of likely N-dealkylation sites (tertiary alicyclic amines) is 1. The molecule has 1 amide bonds. The molecular weight excluding hydrogens is 417 g/mol. The standard InChI is InChI=1S/C27H28FN3O2/c1-17-5-3-4-6-22(17)25-18(2)14-31(29-25)20-12-27(13-20)15-30(16-27)26(32)23-10-7-19(28)11-24(23)33-21-8-9-21/h3-7,10-11,14,20-21H,8-9,12-13,15-16H2,1-2H3. The van der Waals surface area contributed by atoms with Gasteiger partial charge in [0.25, 0.3) is 5.91 Å². The summed E-state index contributed by atoms with van der Waals surface area (Å²) in [5, 5.41) is 4.93. The van der Waals surface area contributed by atoms with Gasteiger partial charge in [0.15, 0.2) is 0 Å². The van der Waals surface area contributed by atoms with Gasteiger partial charge in [-0.25, -0.2) is 4.39 Å². The molecule has 0 N–H and O–H groups in total. The van der Waals surface area contributed by atoms with E-state index in [1.807, 2.05) is 4.90 Å². The number of amides is 1. The molecule has 2 saturated carbocycles. The molecule has 0 unspecified atom stereocenters. The van der Waals surface area contributed by atoms with Crippen LogP contribution in [0.1, 0.15) is 53.2 Å². The Morgan fingerprint density at radius 2 is 1.85 bits per heavy atom. The number of aryl methyl sites for hydroxylation is 2. The third-order valence-corrected chi connectivity index (χ3v) is 7.36. The second-order valence-electron chi connectivity index (χ2n) is 10.1. The summed E-state index contributed by atoms with van der Waals surface area (Å²) in [6.07, 6.45) is 6.27. The molecule has 0 atom stereocenters. The van der Waals surface area contributed by atoms with Gasteiger partial charge in [-0.15, -0.1) is 0 Å². The fraction of sp³-hybridized carbons (Fsp3) is 0.407. The Bertz CT molecular complexity index is 1230. The third kappa shape index (κ3) is 3.62. The molecule has 6 heteroatoms. The zero-order chi connectivity index (χ0) is 22.7. The predicted octanol–water partition coefficient (Wildman–Crippen LogP) is 5.32. The summed E-state index contributed by atoms with van der Waals surface area (Å²) >= 11 is 0. The largest absolute Gasteiger partial charge is 0.489 e. The van der Waals surface area contributed by atoms with Crippen molar-refractivity contribution >= 4 is 5.91 Å². The summed E-state index contributed by atoms with van der Waals surface area (Å²) in [6.45, 7) is 5.72. The smallest absolute Gasteiger partial charge is 0.257 e. The van der Waals surface area contributed by atoms with Crippen LogP contribution in [0.4, 0.5) is 4.39 Å². The molecule has 170 valence electrons. The lowest BCUT2D eigenvalue weighted by Gasteiger charge is -2.58. The molecule has 1 aromatic heterocycles. The number of nitrogens with zero attached hydrogens (tertiary/aromatic N) is 3. The van der Waals surface area contributed by atoms with Crippen molar-refractivity contribution < 1.29 is 13.9 Å². The van der Waals surface area contributed by atoms with Crippen molar-refractivity contribution in [3.8, 4) is 17.0 Å². The number of halogens is 1. The average Bonchev–Trinajstić information content (AvgIpc) is 3.46. The molecule has 5 nitrogen and oxygen atoms in total. The number of hydrogen-bond donors (Lipinski definition) is 0. The van der Waals surface area contributed by atoms with Crippen LogP contribution in [0, 0.1) is 25.1 Å². The molecule has 1 aliphatic heterocycles. The SMILES string of the molecule is Cc1ccccc1-c1nn(C2CC3(C2)CN(C(=O)c2ccc(F)cc2OC2CC2)C3)cc1C. The monoisotopic (exact) mass is 445 g/mol. The van der Waals surface area contributed by atoms with E-state index in [-0.39, 0.29) is 23.2 Å². The highest BCUT2D eigenvalue weighted by Crippen LogP contribution is 2.54. The van der Waals surface area contributed by atoms with Gasteiger partial charge in [-0.2, -0.15) is 5.10 Å². The van der Waals surface area contributed by atoms with E-state index in [0.717, 1.165) is 44.5 Å². The molecular formula is C27H28FN3O2. The lowest BCUT2D eigenvalue weighted by Crippen LogP contribution is -2.63. The highest BCUT2D eigenvalue weighted by Gasteiger charge is 2.54. The number of benzene rings is 2. The average molecular weight is 446 g/mol. The Morgan fingerprint density at radius 1 is 1.09 bits per heavy atom. The zero-order valence-electron chi connectivity index (χ0n) is 19.1. The molecule has 3 fully saturated rings. The fourth-order valence-corrected chi connectivity index (χ4v) is 5.37. The number of hydrogen-bond acceptors (Lipinski definition) is 3. The van der Waals surface area contributed by atoms with Gasteiger partial charge in [-0.05, 0) is 62.8 Å². The van der Waals surface area contributed by atoms with Crippen molar-refractivity contribution in [2.45, 2.75) is 51.7 Å². The van der Waals surface area contributed by atoms with Gasteiger partial charge in [0.2, 0.25) is 0 Å². The van der Waals surface area contributed by atoms with E-state index in [0.29, 0.717) is 17.4 Å². The Balaban J connectivity index is 1.11. The van der Waals surface area contributed by atoms with E-state index in [1.165, 1.54) is 28.8 Å². The first-order chi connectivity index (χ1) is 15.9. The molecule has 0 radical (unpaired) electrons. The van der Waals surface area contributed by atoms with Crippen LogP contribution in [-0.2, 0) is 0 Å². The number of aromatic nitrogens is 2. The zero-order valence-corrected chi connectivity index (χ0v) is 19.1. The number of rotatable bonds is 5. The summed E-state index contributed by atoms with van der Waals surface area (Å²) in [6, 6.07) is 13.0. The molecule has 3 aliphatic rings. The minimum atomic E-state index is -0.372. The third-order valence-electron chi connectivity index (χ3n) is 7.36. The molecule has 2 aliphatic carbocycles. The second kappa shape index (κ2) is 7.44. The van der Waals surface area contributed by atoms with Gasteiger partial charge in [-0.3, -0.25) is 9.48 Å². The Hall–Kier alpha value is -3.15. The van der Waals surface area contributed by atoms with Crippen LogP contribution in [0.2, 0.25) is 0 Å². The minimum Gasteiger partial charge on any atom is -0.489 e. The fourth-order valence-electron chi connectivity index (χ4n) is 5.37. The maximum absolute atomic E-state index is 13.7. The van der Waals surface area contributed by atoms with E-state index >= 15 is 0 Å². The first kappa shape index (κ1) is 20.5. The molecule has 1 spiro atoms. The summed E-state index contributed by atoms with van der Waals surface area (Å²) in [4.78, 5) is 15.0. The van der Waals surface area contributed by atoms with Crippen LogP contribution < -0.4 is 4.74 Å². The van der Waals surface area contributed by atoms with Gasteiger partial charge in [0, 0.05) is 36.3 Å². The van der Waals surface area contributed by atoms with Crippen molar-refractivity contribution in [3.63, 3.8) is 0 Å². The van der Waals surface area contributed by atoms with Crippen molar-refractivity contribution in [2.24, 2.45) is 5.41 Å². The van der Waals surface area contributed by atoms with E-state index in [9.17, 15) is 9.18 Å². The number of carbonyl (C=O) groups is 1. The molecule has 33 heavy (non-hydrogen) atoms. The van der Waals surface area contributed by atoms with Crippen LogP contribution in [0.15, 0.2) is 48.7 Å². The van der Waals surface area contributed by atoms with Crippen molar-refractivity contribution in [3.05, 3.63) is 71.2 Å². The summed E-state index contributed by atoms with van der Waals surface area (Å²) in [7, 11) is 0. The van der Waals surface area contributed by atoms with Crippen molar-refractivity contribution in [1.29, 1.82) is 0 Å². The molecule has 2 aromatic carbocycles. The van der Waals surface area contributed by atoms with Gasteiger partial charge < -0.3 is 9.64 Å². The first-order valence-electron chi connectivity index (χ1n) is 11.8. The Kier molecular flexibility index (Phi) is 4.61. The molecule has 3 aromatic rings. The highest BCUT2D eigenvalue weighted by molar-refractivity contribution is 5.97. The Labute approximate surface area is 193 Å². The second-order valence-corrected chi connectivity index (χ2v) is 10.1. The van der Waals surface area contributed by atoms with Gasteiger partial charge >= 0.3 is 0 Å². The lowest BCUT2D eigenvalue weighted by atomic mass is 9.60. The maximum atomic E-state index is 13.7. The maximum Gasteiger partial charge on any atom is 0.257 e. The summed E-state index contributed by atoms with van der Waals surface area (Å²) < 4.78 is 21.6. The molecule has 1 saturated heterocycles. The molecule has 6 rings (SSSR count). The van der Waals surface area contributed by atoms with E-state index in [4.69, 9.17) is 9.84 Å². The van der Waals surface area contributed by atoms with Crippen LogP contribution in [0.3, 0.4) is 0 Å². The first-order valence-corrected chi connectivity index (χ1v) is 11.8. The van der Waals surface area contributed by atoms with Crippen LogP contribution in [0.25, 0.3) is 11.3 Å². The van der Waals surface area contributed by atoms with Crippen molar-refractivity contribution in [1.82, 2.24) is 14.7 Å². The van der Waals surface area contributed by atoms with Crippen molar-refractivity contribution in [2.75, 3.05) is 13.1 Å². The van der Waals surface area contributed by atoms with Crippen LogP contribution in [-0.4, -0.2) is 39.8 Å². The predicted molar refractivity (Wildman–Crippen MR) is 124 cm³/mol. The minimum absolute atomic E-state index is 0.0588. The summed E-state index contributed by atoms with van der Waals surface area (Å²) in [5.41, 5.74) is 5.32. The Morgan fingerprint density at radius 3 is 2.58 bits per heavy atom. The van der Waals surface area contributed by atoms with E-state index in [1.54, 1.807) is 6.07 Å². The highest BCUT2D eigenvalue weighted by atomic mass is 19.1. The summed E-state index contributed by atoms with van der Waals surface area (Å²) in [5.74, 6) is -0.0501. The molecule has 0 bridgehead atoms. The van der Waals surface area contributed by atoms with E-state index in [2.05, 4.69) is 49.0 Å². The number of carbonyl (C=O) groups excluding carboxylic acids is 1. The lowest BCUT2D eigenvalue weighted by molar-refractivity contribution is -0.0739. The van der Waals surface area contributed by atoms with Crippen LogP contribution in [0.5, 0.6) is 5.75 Å². The molecule has 2 heterocycles. The van der Waals surface area contributed by atoms with Gasteiger partial charge in [0.1, 0.15) is 11.6 Å².